The molecule has 0 heterocycles. The molecule has 0 radical (unpaired) electrons. The molecule has 0 unspecified atom stereocenters. The Morgan fingerprint density at radius 1 is 0.340 bits per heavy atom. The molecule has 1 aliphatic carbocycles. The molecule has 0 nitrogen and oxygen atoms in total. The summed E-state index contributed by atoms with van der Waals surface area (Å²) in [6, 6.07) is 66.9. The molecule has 53 heavy (non-hydrogen) atoms. The van der Waals surface area contributed by atoms with Crippen LogP contribution in [0.2, 0.25) is 0 Å². The molecule has 250 valence electrons. The smallest absolute Gasteiger partial charge is 0.0159 e. The Balaban J connectivity index is 1.05. The van der Waals surface area contributed by atoms with E-state index in [1.54, 1.807) is 0 Å². The van der Waals surface area contributed by atoms with Gasteiger partial charge in [0.15, 0.2) is 0 Å². The Kier molecular flexibility index (Phi) is 7.27. The summed E-state index contributed by atoms with van der Waals surface area (Å²) in [6.45, 7) is 4.73. The first kappa shape index (κ1) is 31.3. The lowest BCUT2D eigenvalue weighted by atomic mass is 9.80. The van der Waals surface area contributed by atoms with Crippen molar-refractivity contribution in [2.45, 2.75) is 19.3 Å². The zero-order chi connectivity index (χ0) is 35.5. The van der Waals surface area contributed by atoms with Crippen molar-refractivity contribution >= 4 is 44.5 Å². The molecule has 0 saturated heterocycles. The predicted octanol–water partition coefficient (Wildman–Crippen LogP) is 14.6. The highest BCUT2D eigenvalue weighted by atomic mass is 14.4. The van der Waals surface area contributed by atoms with Crippen LogP contribution in [-0.4, -0.2) is 0 Å². The van der Waals surface area contributed by atoms with Crippen LogP contribution in [0.3, 0.4) is 0 Å². The van der Waals surface area contributed by atoms with Crippen LogP contribution in [0.1, 0.15) is 36.1 Å². The molecular formula is C53H38. The second kappa shape index (κ2) is 12.3. The van der Waals surface area contributed by atoms with Crippen LogP contribution in [0.15, 0.2) is 182 Å². The lowest BCUT2D eigenvalue weighted by Gasteiger charge is -2.23. The summed E-state index contributed by atoms with van der Waals surface area (Å²) in [5, 5.41) is 7.65. The Bertz CT molecular complexity index is 2830. The molecule has 0 amide bonds. The molecule has 0 atom stereocenters. The Morgan fingerprint density at radius 2 is 0.849 bits per heavy atom. The van der Waals surface area contributed by atoms with Gasteiger partial charge in [-0.05, 0) is 105 Å². The third-order valence-corrected chi connectivity index (χ3v) is 11.5. The van der Waals surface area contributed by atoms with Crippen molar-refractivity contribution in [1.82, 2.24) is 0 Å². The highest BCUT2D eigenvalue weighted by Crippen LogP contribution is 2.51. The lowest BCUT2D eigenvalue weighted by molar-refractivity contribution is 0.660. The van der Waals surface area contributed by atoms with Gasteiger partial charge in [0.05, 0.1) is 0 Å². The largest absolute Gasteiger partial charge is 0.0622 e. The number of benzene rings is 9. The molecule has 0 saturated carbocycles. The average Bonchev–Trinajstić information content (AvgIpc) is 3.44. The number of hydrogen-bond donors (Lipinski definition) is 0. The van der Waals surface area contributed by atoms with Crippen molar-refractivity contribution < 1.29 is 0 Å². The second-order valence-corrected chi connectivity index (χ2v) is 14.8. The third kappa shape index (κ3) is 5.06. The van der Waals surface area contributed by atoms with Crippen LogP contribution in [0.4, 0.5) is 0 Å². The van der Waals surface area contributed by atoms with E-state index >= 15 is 0 Å². The molecule has 0 bridgehead atoms. The quantitative estimate of drug-likeness (QED) is 0.126. The molecule has 1 aliphatic rings. The molecule has 10 rings (SSSR count). The van der Waals surface area contributed by atoms with Gasteiger partial charge in [-0.3, -0.25) is 0 Å². The Labute approximate surface area is 311 Å². The Hall–Kier alpha value is -6.50. The predicted molar refractivity (Wildman–Crippen MR) is 228 cm³/mol. The van der Waals surface area contributed by atoms with Crippen molar-refractivity contribution in [3.05, 3.63) is 204 Å². The summed E-state index contributed by atoms with van der Waals surface area (Å²) in [5.41, 5.74) is 15.5. The molecule has 0 aromatic heterocycles. The first-order valence-electron chi connectivity index (χ1n) is 18.6. The standard InChI is InChI=1S/C53H38/c1-53(2)49-23-13-12-18-43(49)44-33-31-39(34-50(44)53)52-47-21-10-8-19-45(47)51(46-20-9-11-22-48(46)52)38-28-25-35(26-29-38)24-27-37-30-32-41(36-14-4-3-5-15-36)42-17-7-6-16-40(37)42/h3-34H,1-2H3/b27-24+. The summed E-state index contributed by atoms with van der Waals surface area (Å²) in [6.07, 6.45) is 4.49. The van der Waals surface area contributed by atoms with Crippen LogP contribution in [0.5, 0.6) is 0 Å². The van der Waals surface area contributed by atoms with Gasteiger partial charge in [-0.1, -0.05) is 202 Å². The lowest BCUT2D eigenvalue weighted by Crippen LogP contribution is -2.14. The summed E-state index contributed by atoms with van der Waals surface area (Å²) in [5.74, 6) is 0. The van der Waals surface area contributed by atoms with Gasteiger partial charge in [0.2, 0.25) is 0 Å². The van der Waals surface area contributed by atoms with Gasteiger partial charge in [-0.15, -0.1) is 0 Å². The second-order valence-electron chi connectivity index (χ2n) is 14.8. The molecule has 0 aliphatic heterocycles. The topological polar surface area (TPSA) is 0 Å². The highest BCUT2D eigenvalue weighted by Gasteiger charge is 2.35. The Morgan fingerprint density at radius 3 is 1.53 bits per heavy atom. The minimum absolute atomic E-state index is 0.0532. The minimum Gasteiger partial charge on any atom is -0.0622 e. The zero-order valence-electron chi connectivity index (χ0n) is 30.0. The summed E-state index contributed by atoms with van der Waals surface area (Å²) >= 11 is 0. The van der Waals surface area contributed by atoms with E-state index in [1.807, 2.05) is 0 Å². The van der Waals surface area contributed by atoms with Crippen molar-refractivity contribution in [1.29, 1.82) is 0 Å². The summed E-state index contributed by atoms with van der Waals surface area (Å²) in [4.78, 5) is 0. The molecule has 0 spiro atoms. The minimum atomic E-state index is -0.0532. The van der Waals surface area contributed by atoms with E-state index in [9.17, 15) is 0 Å². The first-order valence-corrected chi connectivity index (χ1v) is 18.6. The van der Waals surface area contributed by atoms with Crippen molar-refractivity contribution in [3.8, 4) is 44.5 Å². The van der Waals surface area contributed by atoms with Crippen molar-refractivity contribution in [3.63, 3.8) is 0 Å². The van der Waals surface area contributed by atoms with Crippen molar-refractivity contribution in [2.24, 2.45) is 0 Å². The van der Waals surface area contributed by atoms with Gasteiger partial charge in [0.25, 0.3) is 0 Å². The van der Waals surface area contributed by atoms with Gasteiger partial charge in [0.1, 0.15) is 0 Å². The fourth-order valence-electron chi connectivity index (χ4n) is 8.89. The molecule has 0 heteroatoms. The number of hydrogen-bond acceptors (Lipinski definition) is 0. The molecular weight excluding hydrogens is 637 g/mol. The van der Waals surface area contributed by atoms with Gasteiger partial charge in [-0.2, -0.15) is 0 Å². The summed E-state index contributed by atoms with van der Waals surface area (Å²) in [7, 11) is 0. The highest BCUT2D eigenvalue weighted by molar-refractivity contribution is 6.21. The normalized spacial score (nSPS) is 13.2. The third-order valence-electron chi connectivity index (χ3n) is 11.5. The number of rotatable bonds is 5. The summed E-state index contributed by atoms with van der Waals surface area (Å²) < 4.78 is 0. The van der Waals surface area contributed by atoms with Gasteiger partial charge in [0, 0.05) is 5.41 Å². The van der Waals surface area contributed by atoms with Crippen molar-refractivity contribution in [2.75, 3.05) is 0 Å². The maximum absolute atomic E-state index is 2.46. The van der Waals surface area contributed by atoms with E-state index in [2.05, 4.69) is 208 Å². The van der Waals surface area contributed by atoms with E-state index in [0.29, 0.717) is 0 Å². The van der Waals surface area contributed by atoms with E-state index in [4.69, 9.17) is 0 Å². The fraction of sp³-hybridized carbons (Fsp3) is 0.0566. The average molecular weight is 675 g/mol. The molecule has 0 N–H and O–H groups in total. The van der Waals surface area contributed by atoms with E-state index < -0.39 is 0 Å². The van der Waals surface area contributed by atoms with Gasteiger partial charge < -0.3 is 0 Å². The van der Waals surface area contributed by atoms with Crippen LogP contribution in [-0.2, 0) is 5.41 Å². The zero-order valence-corrected chi connectivity index (χ0v) is 30.0. The molecule has 0 fully saturated rings. The molecule has 9 aromatic carbocycles. The fourth-order valence-corrected chi connectivity index (χ4v) is 8.89. The first-order chi connectivity index (χ1) is 26.1. The van der Waals surface area contributed by atoms with Gasteiger partial charge in [-0.25, -0.2) is 0 Å². The maximum atomic E-state index is 2.46. The maximum Gasteiger partial charge on any atom is 0.0159 e. The van der Waals surface area contributed by atoms with Crippen LogP contribution in [0.25, 0.3) is 89.0 Å². The SMILES string of the molecule is CC1(C)c2ccccc2-c2ccc(-c3c4ccccc4c(-c4ccc(/C=C/c5ccc(-c6ccccc6)c6ccccc56)cc4)c4ccccc34)cc21. The van der Waals surface area contributed by atoms with E-state index in [1.165, 1.54) is 99.1 Å². The molecule has 9 aromatic rings. The number of fused-ring (bicyclic) bond motifs is 6. The van der Waals surface area contributed by atoms with Crippen LogP contribution in [0, 0.1) is 0 Å². The van der Waals surface area contributed by atoms with Crippen LogP contribution >= 0.6 is 0 Å². The van der Waals surface area contributed by atoms with E-state index in [-0.39, 0.29) is 5.41 Å². The monoisotopic (exact) mass is 674 g/mol. The van der Waals surface area contributed by atoms with Gasteiger partial charge >= 0.3 is 0 Å². The van der Waals surface area contributed by atoms with Crippen LogP contribution < -0.4 is 0 Å². The van der Waals surface area contributed by atoms with E-state index in [0.717, 1.165) is 0 Å².